The molecule has 1 aliphatic carbocycles. The molecule has 4 aromatic rings. The molecule has 2 amide bonds. The lowest BCUT2D eigenvalue weighted by Gasteiger charge is -2.34. The van der Waals surface area contributed by atoms with Gasteiger partial charge in [0.25, 0.3) is 5.91 Å². The first-order valence-electron chi connectivity index (χ1n) is 12.3. The topological polar surface area (TPSA) is 91.0 Å². The minimum absolute atomic E-state index is 0.0866. The standard InChI is InChI=1S/C28H27N5O2/c34-27(18-8-2-1-3-9-18)32-23-13-7-5-11-20(23)28(35)33-17-14-21-24(26-29-15-16-30-26)31-22-12-6-4-10-19(22)25(21)33/h1-4,6,8-10,12,15-16,20,23H,5,7,11,13-14,17H2,(H,29,30)(H,32,34)/t20-,23+/m0/s1. The first kappa shape index (κ1) is 21.5. The van der Waals surface area contributed by atoms with Crippen molar-refractivity contribution >= 4 is 28.4 Å². The van der Waals surface area contributed by atoms with Crippen molar-refractivity contribution in [3.8, 4) is 11.5 Å². The summed E-state index contributed by atoms with van der Waals surface area (Å²) in [5.41, 5.74) is 4.25. The van der Waals surface area contributed by atoms with E-state index in [0.29, 0.717) is 17.9 Å². The largest absolute Gasteiger partial charge is 0.349 e. The molecule has 2 atom stereocenters. The van der Waals surface area contributed by atoms with Gasteiger partial charge in [0, 0.05) is 41.5 Å². The van der Waals surface area contributed by atoms with Crippen LogP contribution in [0.2, 0.25) is 0 Å². The van der Waals surface area contributed by atoms with E-state index in [9.17, 15) is 9.59 Å². The second-order valence-corrected chi connectivity index (χ2v) is 9.32. The molecular weight excluding hydrogens is 438 g/mol. The van der Waals surface area contributed by atoms with E-state index in [1.54, 1.807) is 24.5 Å². The van der Waals surface area contributed by atoms with Crippen molar-refractivity contribution < 1.29 is 9.59 Å². The lowest BCUT2D eigenvalue weighted by atomic mass is 9.83. The highest BCUT2D eigenvalue weighted by atomic mass is 16.2. The molecule has 0 saturated heterocycles. The smallest absolute Gasteiger partial charge is 0.251 e. The number of rotatable bonds is 4. The van der Waals surface area contributed by atoms with Crippen LogP contribution in [0.25, 0.3) is 22.4 Å². The summed E-state index contributed by atoms with van der Waals surface area (Å²) in [5, 5.41) is 4.15. The highest BCUT2D eigenvalue weighted by Crippen LogP contribution is 2.41. The molecule has 1 saturated carbocycles. The Bertz CT molecular complexity index is 1380. The summed E-state index contributed by atoms with van der Waals surface area (Å²) < 4.78 is 0. The zero-order valence-corrected chi connectivity index (χ0v) is 19.4. The van der Waals surface area contributed by atoms with Gasteiger partial charge < -0.3 is 15.2 Å². The number of para-hydroxylation sites is 1. The number of pyridine rings is 1. The number of H-pyrrole nitrogens is 1. The van der Waals surface area contributed by atoms with Crippen LogP contribution < -0.4 is 10.2 Å². The van der Waals surface area contributed by atoms with E-state index in [1.165, 1.54) is 0 Å². The number of nitrogens with zero attached hydrogens (tertiary/aromatic N) is 3. The number of fused-ring (bicyclic) bond motifs is 3. The van der Waals surface area contributed by atoms with Crippen LogP contribution in [0.3, 0.4) is 0 Å². The molecule has 6 rings (SSSR count). The second-order valence-electron chi connectivity index (χ2n) is 9.32. The number of nitrogens with one attached hydrogen (secondary N) is 2. The zero-order chi connectivity index (χ0) is 23.8. The molecule has 0 radical (unpaired) electrons. The van der Waals surface area contributed by atoms with Gasteiger partial charge in [-0.3, -0.25) is 9.59 Å². The van der Waals surface area contributed by atoms with E-state index in [1.807, 2.05) is 47.4 Å². The van der Waals surface area contributed by atoms with E-state index < -0.39 is 0 Å². The van der Waals surface area contributed by atoms with Crippen molar-refractivity contribution in [2.45, 2.75) is 38.1 Å². The zero-order valence-electron chi connectivity index (χ0n) is 19.4. The molecule has 35 heavy (non-hydrogen) atoms. The quantitative estimate of drug-likeness (QED) is 0.464. The first-order valence-corrected chi connectivity index (χ1v) is 12.3. The van der Waals surface area contributed by atoms with Gasteiger partial charge in [0.15, 0.2) is 5.82 Å². The summed E-state index contributed by atoms with van der Waals surface area (Å²) >= 11 is 0. The number of imidazole rings is 1. The van der Waals surface area contributed by atoms with Crippen LogP contribution in [0.1, 0.15) is 41.6 Å². The van der Waals surface area contributed by atoms with Crippen molar-refractivity contribution in [2.75, 3.05) is 11.4 Å². The Labute approximate surface area is 203 Å². The van der Waals surface area contributed by atoms with Crippen molar-refractivity contribution in [1.29, 1.82) is 0 Å². The highest BCUT2D eigenvalue weighted by Gasteiger charge is 2.39. The SMILES string of the molecule is O=C(N[C@@H]1CCCC[C@@H]1C(=O)N1CCc2c(-c3ncc[nH]3)nc3ccccc3c21)c1ccccc1. The lowest BCUT2D eigenvalue weighted by Crippen LogP contribution is -2.49. The van der Waals surface area contributed by atoms with Gasteiger partial charge in [-0.25, -0.2) is 9.97 Å². The summed E-state index contributed by atoms with van der Waals surface area (Å²) in [6.45, 7) is 0.605. The summed E-state index contributed by atoms with van der Waals surface area (Å²) in [6, 6.07) is 17.0. The number of carbonyl (C=O) groups is 2. The van der Waals surface area contributed by atoms with Gasteiger partial charge in [0.05, 0.1) is 17.1 Å². The molecule has 0 spiro atoms. The van der Waals surface area contributed by atoms with Crippen LogP contribution >= 0.6 is 0 Å². The van der Waals surface area contributed by atoms with Gasteiger partial charge in [-0.1, -0.05) is 49.2 Å². The minimum Gasteiger partial charge on any atom is -0.349 e. The molecule has 7 nitrogen and oxygen atoms in total. The average molecular weight is 466 g/mol. The average Bonchev–Trinajstić information content (AvgIpc) is 3.60. The van der Waals surface area contributed by atoms with Crippen molar-refractivity contribution in [1.82, 2.24) is 20.3 Å². The number of aromatic nitrogens is 3. The maximum Gasteiger partial charge on any atom is 0.251 e. The van der Waals surface area contributed by atoms with Gasteiger partial charge in [-0.05, 0) is 37.5 Å². The normalized spacial score (nSPS) is 19.5. The molecule has 2 N–H and O–H groups in total. The van der Waals surface area contributed by atoms with Gasteiger partial charge in [-0.2, -0.15) is 0 Å². The van der Waals surface area contributed by atoms with Crippen LogP contribution in [0.4, 0.5) is 5.69 Å². The second kappa shape index (κ2) is 8.98. The van der Waals surface area contributed by atoms with Crippen molar-refractivity contribution in [2.24, 2.45) is 5.92 Å². The Kier molecular flexibility index (Phi) is 5.52. The Morgan fingerprint density at radius 3 is 2.63 bits per heavy atom. The van der Waals surface area contributed by atoms with E-state index in [2.05, 4.69) is 15.3 Å². The molecule has 2 aromatic carbocycles. The first-order chi connectivity index (χ1) is 17.2. The Balaban J connectivity index is 1.35. The molecular formula is C28H27N5O2. The molecule has 176 valence electrons. The highest BCUT2D eigenvalue weighted by molar-refractivity contribution is 6.08. The Hall–Kier alpha value is -4.00. The van der Waals surface area contributed by atoms with Crippen LogP contribution in [-0.4, -0.2) is 39.4 Å². The summed E-state index contributed by atoms with van der Waals surface area (Å²) in [6.07, 6.45) is 7.82. The van der Waals surface area contributed by atoms with Crippen LogP contribution in [0.15, 0.2) is 67.0 Å². The monoisotopic (exact) mass is 465 g/mol. The van der Waals surface area contributed by atoms with Crippen LogP contribution in [-0.2, 0) is 11.2 Å². The van der Waals surface area contributed by atoms with Crippen LogP contribution in [0, 0.1) is 5.92 Å². The minimum atomic E-state index is -0.249. The van der Waals surface area contributed by atoms with E-state index in [4.69, 9.17) is 4.98 Å². The van der Waals surface area contributed by atoms with Gasteiger partial charge in [0.2, 0.25) is 5.91 Å². The van der Waals surface area contributed by atoms with Crippen molar-refractivity contribution in [3.05, 3.63) is 78.1 Å². The number of hydrogen-bond acceptors (Lipinski definition) is 4. The third-order valence-corrected chi connectivity index (χ3v) is 7.24. The Morgan fingerprint density at radius 1 is 1.00 bits per heavy atom. The molecule has 1 aliphatic heterocycles. The van der Waals surface area contributed by atoms with Crippen LogP contribution in [0.5, 0.6) is 0 Å². The van der Waals surface area contributed by atoms with Gasteiger partial charge in [-0.15, -0.1) is 0 Å². The third-order valence-electron chi connectivity index (χ3n) is 7.24. The fourth-order valence-corrected chi connectivity index (χ4v) is 5.57. The maximum absolute atomic E-state index is 14.1. The fourth-order valence-electron chi connectivity index (χ4n) is 5.57. The Morgan fingerprint density at radius 2 is 1.80 bits per heavy atom. The lowest BCUT2D eigenvalue weighted by molar-refractivity contribution is -0.123. The summed E-state index contributed by atoms with van der Waals surface area (Å²) in [4.78, 5) is 41.4. The predicted octanol–water partition coefficient (Wildman–Crippen LogP) is 4.50. The van der Waals surface area contributed by atoms with E-state index >= 15 is 0 Å². The van der Waals surface area contributed by atoms with Gasteiger partial charge in [0.1, 0.15) is 5.69 Å². The molecule has 2 aromatic heterocycles. The predicted molar refractivity (Wildman–Crippen MR) is 135 cm³/mol. The molecule has 2 aliphatic rings. The maximum atomic E-state index is 14.1. The number of amides is 2. The number of anilines is 1. The molecule has 0 unspecified atom stereocenters. The molecule has 1 fully saturated rings. The van der Waals surface area contributed by atoms with E-state index in [-0.39, 0.29) is 23.8 Å². The fraction of sp³-hybridized carbons (Fsp3) is 0.286. The molecule has 3 heterocycles. The molecule has 7 heteroatoms. The third kappa shape index (κ3) is 3.87. The molecule has 0 bridgehead atoms. The van der Waals surface area contributed by atoms with Gasteiger partial charge >= 0.3 is 0 Å². The van der Waals surface area contributed by atoms with E-state index in [0.717, 1.165) is 60.0 Å². The number of aromatic amines is 1. The number of carbonyl (C=O) groups excluding carboxylic acids is 2. The summed E-state index contributed by atoms with van der Waals surface area (Å²) in [7, 11) is 0. The number of hydrogen-bond donors (Lipinski definition) is 2. The van der Waals surface area contributed by atoms with Crippen molar-refractivity contribution in [3.63, 3.8) is 0 Å². The number of benzene rings is 2. The summed E-state index contributed by atoms with van der Waals surface area (Å²) in [5.74, 6) is 0.434.